The average molecular weight is 393 g/mol. The van der Waals surface area contributed by atoms with E-state index in [1.54, 1.807) is 12.1 Å². The molecule has 7 heteroatoms. The van der Waals surface area contributed by atoms with Gasteiger partial charge < -0.3 is 10.5 Å². The third kappa shape index (κ3) is 3.95. The summed E-state index contributed by atoms with van der Waals surface area (Å²) >= 11 is 0. The van der Waals surface area contributed by atoms with E-state index in [0.717, 1.165) is 44.3 Å². The predicted octanol–water partition coefficient (Wildman–Crippen LogP) is 3.22. The first-order chi connectivity index (χ1) is 14.1. The van der Waals surface area contributed by atoms with Gasteiger partial charge in [0.2, 0.25) is 5.75 Å². The molecule has 0 amide bonds. The van der Waals surface area contributed by atoms with Crippen molar-refractivity contribution in [2.75, 3.05) is 13.1 Å². The molecule has 3 atom stereocenters. The molecule has 1 aliphatic carbocycles. The lowest BCUT2D eigenvalue weighted by molar-refractivity contribution is -0.730. The first kappa shape index (κ1) is 19.4. The highest BCUT2D eigenvalue weighted by molar-refractivity contribution is 5.52. The van der Waals surface area contributed by atoms with E-state index in [-0.39, 0.29) is 40.1 Å². The summed E-state index contributed by atoms with van der Waals surface area (Å²) in [6, 6.07) is 14.9. The van der Waals surface area contributed by atoms with Crippen molar-refractivity contribution in [3.63, 3.8) is 0 Å². The number of fused-ring (bicyclic) bond motifs is 1. The van der Waals surface area contributed by atoms with Gasteiger partial charge >= 0.3 is 5.69 Å². The fourth-order valence-electron chi connectivity index (χ4n) is 4.53. The van der Waals surface area contributed by atoms with E-state index in [4.69, 9.17) is 15.7 Å². The second kappa shape index (κ2) is 8.19. The first-order valence-corrected chi connectivity index (χ1v) is 10.0. The van der Waals surface area contributed by atoms with Crippen LogP contribution in [0.15, 0.2) is 42.5 Å². The van der Waals surface area contributed by atoms with Crippen LogP contribution in [0, 0.1) is 16.2 Å². The monoisotopic (exact) mass is 393 g/mol. The van der Waals surface area contributed by atoms with Crippen LogP contribution >= 0.6 is 0 Å². The van der Waals surface area contributed by atoms with Crippen LogP contribution in [0.1, 0.15) is 42.1 Å². The highest BCUT2D eigenvalue weighted by Gasteiger charge is 2.38. The molecule has 0 aromatic heterocycles. The number of rotatable bonds is 4. The molecule has 0 bridgehead atoms. The number of ether oxygens (including phenoxy) is 1. The lowest BCUT2D eigenvalue weighted by atomic mass is 9.84. The van der Waals surface area contributed by atoms with Gasteiger partial charge in [0.05, 0.1) is 22.6 Å². The molecule has 0 spiro atoms. The fraction of sp³-hybridized carbons (Fsp3) is 0.409. The molecule has 1 fully saturated rings. The van der Waals surface area contributed by atoms with E-state index >= 15 is 0 Å². The largest absolute Gasteiger partial charge is 0.477 e. The number of nitrogens with zero attached hydrogens (tertiary/aromatic N) is 3. The maximum absolute atomic E-state index is 11.7. The van der Waals surface area contributed by atoms with Crippen LogP contribution in [0.2, 0.25) is 0 Å². The molecule has 2 aliphatic rings. The van der Waals surface area contributed by atoms with Gasteiger partial charge in [-0.2, -0.15) is 5.26 Å². The number of nitriles is 1. The predicted molar refractivity (Wildman–Crippen MR) is 107 cm³/mol. The Bertz CT molecular complexity index is 955. The summed E-state index contributed by atoms with van der Waals surface area (Å²) in [5, 5.41) is 18.7. The van der Waals surface area contributed by atoms with Crippen molar-refractivity contribution in [3.8, 4) is 11.8 Å². The maximum atomic E-state index is 11.7. The summed E-state index contributed by atoms with van der Waals surface area (Å²) in [4.78, 5) is 13.9. The zero-order valence-corrected chi connectivity index (χ0v) is 16.2. The number of hydrogen-bond donors (Lipinski definition) is 2. The Morgan fingerprint density at radius 1 is 1.24 bits per heavy atom. The molecule has 1 saturated heterocycles. The van der Waals surface area contributed by atoms with Crippen molar-refractivity contribution in [2.45, 2.75) is 43.9 Å². The van der Waals surface area contributed by atoms with Crippen LogP contribution in [-0.4, -0.2) is 40.2 Å². The standard InChI is InChI=1S/C22H25N4O3/c23-13-15-7-10-21(20(12-15)26(27)28)29-22-18-6-2-1-4-16(18)8-9-19(22)25-11-3-5-17(24)14-25/h1-2,4,6-7,10,12,17,19,22H,3,5,8-9,11,14,24H2,(H,27,28)/q+1/t17-,19-,22-/m0/s1. The number of hydrogen-bond acceptors (Lipinski definition) is 5. The van der Waals surface area contributed by atoms with E-state index in [1.807, 2.05) is 18.2 Å². The van der Waals surface area contributed by atoms with Gasteiger partial charge in [0.15, 0.2) is 0 Å². The maximum Gasteiger partial charge on any atom is 0.359 e. The molecule has 0 unspecified atom stereocenters. The SMILES string of the molecule is N#Cc1ccc(O[C@H]2c3ccccc3CC[C@@H]2N2CCC[C@H](N)C2)c([N+](=O)O)c1. The van der Waals surface area contributed by atoms with Crippen LogP contribution < -0.4 is 10.5 Å². The van der Waals surface area contributed by atoms with Crippen LogP contribution in [0.3, 0.4) is 0 Å². The number of nitrogens with two attached hydrogens (primary N) is 1. The molecule has 150 valence electrons. The highest BCUT2D eigenvalue weighted by atomic mass is 16.6. The van der Waals surface area contributed by atoms with Crippen molar-refractivity contribution >= 4 is 5.69 Å². The van der Waals surface area contributed by atoms with Gasteiger partial charge in [-0.3, -0.25) is 4.90 Å². The Hall–Kier alpha value is -2.95. The Morgan fingerprint density at radius 3 is 2.83 bits per heavy atom. The minimum Gasteiger partial charge on any atom is -0.477 e. The summed E-state index contributed by atoms with van der Waals surface area (Å²) in [7, 11) is 0. The molecule has 2 aromatic carbocycles. The number of aryl methyl sites for hydroxylation is 1. The first-order valence-electron chi connectivity index (χ1n) is 10.0. The van der Waals surface area contributed by atoms with Crippen molar-refractivity contribution in [1.29, 1.82) is 5.26 Å². The summed E-state index contributed by atoms with van der Waals surface area (Å²) in [5.74, 6) is 0.259. The lowest BCUT2D eigenvalue weighted by Crippen LogP contribution is -2.51. The van der Waals surface area contributed by atoms with Gasteiger partial charge in [-0.1, -0.05) is 24.3 Å². The van der Waals surface area contributed by atoms with Crippen molar-refractivity contribution in [3.05, 3.63) is 64.1 Å². The van der Waals surface area contributed by atoms with E-state index in [2.05, 4.69) is 17.0 Å². The summed E-state index contributed by atoms with van der Waals surface area (Å²) in [6.07, 6.45) is 3.68. The van der Waals surface area contributed by atoms with Crippen molar-refractivity contribution in [2.24, 2.45) is 5.73 Å². The van der Waals surface area contributed by atoms with Crippen LogP contribution in [-0.2, 0) is 6.42 Å². The minimum absolute atomic E-state index is 0.0683. The molecule has 1 heterocycles. The van der Waals surface area contributed by atoms with E-state index < -0.39 is 0 Å². The topological polar surface area (TPSA) is 103 Å². The zero-order chi connectivity index (χ0) is 20.4. The molecular formula is C22H25N4O3+. The number of piperidine rings is 1. The van der Waals surface area contributed by atoms with Gasteiger partial charge in [-0.25, -0.2) is 5.21 Å². The quantitative estimate of drug-likeness (QED) is 0.773. The Morgan fingerprint density at radius 2 is 2.07 bits per heavy atom. The third-order valence-electron chi connectivity index (χ3n) is 5.93. The van der Waals surface area contributed by atoms with E-state index in [1.165, 1.54) is 11.6 Å². The Labute approximate surface area is 169 Å². The lowest BCUT2D eigenvalue weighted by Gasteiger charge is -2.43. The normalized spacial score (nSPS) is 24.3. The van der Waals surface area contributed by atoms with Gasteiger partial charge in [-0.15, -0.1) is 0 Å². The Balaban J connectivity index is 1.72. The highest BCUT2D eigenvalue weighted by Crippen LogP contribution is 2.40. The third-order valence-corrected chi connectivity index (χ3v) is 5.93. The van der Waals surface area contributed by atoms with Gasteiger partial charge in [0.1, 0.15) is 6.10 Å². The van der Waals surface area contributed by atoms with Crippen molar-refractivity contribution < 1.29 is 14.9 Å². The van der Waals surface area contributed by atoms with Crippen LogP contribution in [0.4, 0.5) is 5.69 Å². The van der Waals surface area contributed by atoms with Crippen LogP contribution in [0.25, 0.3) is 0 Å². The van der Waals surface area contributed by atoms with Gasteiger partial charge in [-0.05, 0) is 55.5 Å². The molecule has 2 aromatic rings. The second-order valence-electron chi connectivity index (χ2n) is 7.81. The molecule has 0 radical (unpaired) electrons. The summed E-state index contributed by atoms with van der Waals surface area (Å²) < 4.78 is 6.38. The molecular weight excluding hydrogens is 368 g/mol. The Kier molecular flexibility index (Phi) is 5.47. The molecule has 7 nitrogen and oxygen atoms in total. The summed E-state index contributed by atoms with van der Waals surface area (Å²) in [5.41, 5.74) is 8.76. The van der Waals surface area contributed by atoms with Gasteiger partial charge in [0, 0.05) is 18.7 Å². The van der Waals surface area contributed by atoms with E-state index in [0.29, 0.717) is 0 Å². The fourth-order valence-corrected chi connectivity index (χ4v) is 4.53. The summed E-state index contributed by atoms with van der Waals surface area (Å²) in [6.45, 7) is 1.79. The average Bonchev–Trinajstić information content (AvgIpc) is 2.74. The van der Waals surface area contributed by atoms with Crippen LogP contribution in [0.5, 0.6) is 5.75 Å². The number of likely N-dealkylation sites (tertiary alicyclic amines) is 1. The zero-order valence-electron chi connectivity index (χ0n) is 16.2. The smallest absolute Gasteiger partial charge is 0.359 e. The van der Waals surface area contributed by atoms with Crippen molar-refractivity contribution in [1.82, 2.24) is 4.90 Å². The second-order valence-corrected chi connectivity index (χ2v) is 7.81. The minimum atomic E-state index is -0.295. The van der Waals surface area contributed by atoms with Gasteiger partial charge in [0.25, 0.3) is 4.92 Å². The number of benzene rings is 2. The molecule has 4 rings (SSSR count). The molecule has 0 saturated carbocycles. The molecule has 1 aliphatic heterocycles. The molecule has 3 N–H and O–H groups in total. The van der Waals surface area contributed by atoms with E-state index in [9.17, 15) is 10.1 Å². The molecule has 29 heavy (non-hydrogen) atoms.